The Morgan fingerprint density at radius 2 is 1.96 bits per heavy atom. The first-order valence-electron chi connectivity index (χ1n) is 8.02. The third kappa shape index (κ3) is 4.32. The zero-order valence-corrected chi connectivity index (χ0v) is 13.8. The van der Waals surface area contributed by atoms with Crippen LogP contribution >= 0.6 is 0 Å². The van der Waals surface area contributed by atoms with Gasteiger partial charge in [-0.1, -0.05) is 13.0 Å². The summed E-state index contributed by atoms with van der Waals surface area (Å²) in [5, 5.41) is 5.49. The van der Waals surface area contributed by atoms with Crippen molar-refractivity contribution in [2.75, 3.05) is 25.1 Å². The average molecular weight is 333 g/mol. The Kier molecular flexibility index (Phi) is 5.92. The third-order valence-corrected chi connectivity index (χ3v) is 4.29. The summed E-state index contributed by atoms with van der Waals surface area (Å²) in [6.45, 7) is 2.84. The monoisotopic (exact) mass is 333 g/mol. The summed E-state index contributed by atoms with van der Waals surface area (Å²) in [5.74, 6) is -0.854. The molecular formula is C17H23N3O4. The second-order valence-corrected chi connectivity index (χ2v) is 5.92. The molecule has 130 valence electrons. The van der Waals surface area contributed by atoms with Crippen molar-refractivity contribution in [1.29, 1.82) is 0 Å². The van der Waals surface area contributed by atoms with Gasteiger partial charge >= 0.3 is 0 Å². The summed E-state index contributed by atoms with van der Waals surface area (Å²) in [4.78, 5) is 35.6. The summed E-state index contributed by atoms with van der Waals surface area (Å²) in [6, 6.07) is 6.66. The van der Waals surface area contributed by atoms with E-state index in [2.05, 4.69) is 10.6 Å². The van der Waals surface area contributed by atoms with E-state index in [-0.39, 0.29) is 18.4 Å². The van der Waals surface area contributed by atoms with E-state index < -0.39 is 11.3 Å². The Labute approximate surface area is 140 Å². The first-order valence-corrected chi connectivity index (χ1v) is 8.02. The fourth-order valence-electron chi connectivity index (χ4n) is 2.61. The molecule has 1 fully saturated rings. The molecule has 0 saturated carbocycles. The van der Waals surface area contributed by atoms with E-state index >= 15 is 0 Å². The molecule has 0 aromatic heterocycles. The molecular weight excluding hydrogens is 310 g/mol. The molecule has 1 aliphatic heterocycles. The Morgan fingerprint density at radius 3 is 2.58 bits per heavy atom. The molecule has 1 aromatic rings. The predicted molar refractivity (Wildman–Crippen MR) is 89.4 cm³/mol. The first kappa shape index (κ1) is 17.9. The molecule has 4 N–H and O–H groups in total. The molecule has 2 rings (SSSR count). The van der Waals surface area contributed by atoms with Crippen molar-refractivity contribution in [2.24, 2.45) is 11.1 Å². The number of anilines is 1. The van der Waals surface area contributed by atoms with Gasteiger partial charge in [0, 0.05) is 37.4 Å². The lowest BCUT2D eigenvalue weighted by molar-refractivity contribution is -0.132. The van der Waals surface area contributed by atoms with Crippen molar-refractivity contribution < 1.29 is 19.1 Å². The molecule has 24 heavy (non-hydrogen) atoms. The molecule has 1 aromatic carbocycles. The lowest BCUT2D eigenvalue weighted by Crippen LogP contribution is -2.49. The smallest absolute Gasteiger partial charge is 0.251 e. The number of benzene rings is 1. The Balaban J connectivity index is 2.02. The zero-order valence-electron chi connectivity index (χ0n) is 13.8. The minimum absolute atomic E-state index is 0.123. The topological polar surface area (TPSA) is 111 Å². The molecule has 0 spiro atoms. The molecule has 7 heteroatoms. The van der Waals surface area contributed by atoms with Crippen LogP contribution in [0, 0.1) is 5.41 Å². The average Bonchev–Trinajstić information content (AvgIpc) is 2.60. The fraction of sp³-hybridized carbons (Fsp3) is 0.471. The van der Waals surface area contributed by atoms with Gasteiger partial charge in [0.2, 0.25) is 11.8 Å². The highest BCUT2D eigenvalue weighted by atomic mass is 16.5. The highest BCUT2D eigenvalue weighted by Gasteiger charge is 2.38. The van der Waals surface area contributed by atoms with Crippen molar-refractivity contribution in [3.8, 4) is 0 Å². The highest BCUT2D eigenvalue weighted by Crippen LogP contribution is 2.29. The third-order valence-electron chi connectivity index (χ3n) is 4.29. The molecule has 0 aliphatic carbocycles. The maximum Gasteiger partial charge on any atom is 0.251 e. The number of amides is 3. The minimum atomic E-state index is -0.762. The van der Waals surface area contributed by atoms with Gasteiger partial charge in [-0.2, -0.15) is 0 Å². The Bertz CT molecular complexity index is 624. The molecule has 0 unspecified atom stereocenters. The van der Waals surface area contributed by atoms with Gasteiger partial charge in [-0.25, -0.2) is 0 Å². The highest BCUT2D eigenvalue weighted by molar-refractivity contribution is 5.97. The van der Waals surface area contributed by atoms with E-state index in [0.29, 0.717) is 43.7 Å². The van der Waals surface area contributed by atoms with E-state index in [1.807, 2.05) is 0 Å². The van der Waals surface area contributed by atoms with Crippen molar-refractivity contribution in [3.63, 3.8) is 0 Å². The normalized spacial score (nSPS) is 16.2. The van der Waals surface area contributed by atoms with Gasteiger partial charge in [-0.15, -0.1) is 0 Å². The van der Waals surface area contributed by atoms with Crippen LogP contribution in [0.4, 0.5) is 5.69 Å². The quantitative estimate of drug-likeness (QED) is 0.722. The maximum atomic E-state index is 12.4. The van der Waals surface area contributed by atoms with Crippen molar-refractivity contribution in [3.05, 3.63) is 29.8 Å². The van der Waals surface area contributed by atoms with Crippen LogP contribution in [0.3, 0.4) is 0 Å². The largest absolute Gasteiger partial charge is 0.381 e. The molecule has 0 atom stereocenters. The van der Waals surface area contributed by atoms with E-state index in [4.69, 9.17) is 10.5 Å². The second kappa shape index (κ2) is 7.92. The van der Waals surface area contributed by atoms with Crippen molar-refractivity contribution >= 4 is 23.4 Å². The van der Waals surface area contributed by atoms with Crippen LogP contribution in [0.25, 0.3) is 0 Å². The molecule has 7 nitrogen and oxygen atoms in total. The van der Waals surface area contributed by atoms with Crippen LogP contribution in [-0.4, -0.2) is 37.5 Å². The SMILES string of the molecule is CCC(=O)Nc1cccc(C(=O)NCC2(C(N)=O)CCOCC2)c1. The number of carbonyl (C=O) groups is 3. The van der Waals surface area contributed by atoms with Crippen LogP contribution in [0.1, 0.15) is 36.5 Å². The van der Waals surface area contributed by atoms with Gasteiger partial charge < -0.3 is 21.1 Å². The van der Waals surface area contributed by atoms with Gasteiger partial charge in [0.1, 0.15) is 0 Å². The molecule has 1 heterocycles. The molecule has 1 aliphatic rings. The number of hydrogen-bond acceptors (Lipinski definition) is 4. The van der Waals surface area contributed by atoms with Gasteiger partial charge in [0.15, 0.2) is 0 Å². The molecule has 1 saturated heterocycles. The lowest BCUT2D eigenvalue weighted by atomic mass is 9.79. The number of carbonyl (C=O) groups excluding carboxylic acids is 3. The summed E-state index contributed by atoms with van der Waals surface area (Å²) in [5.41, 5.74) is 5.74. The summed E-state index contributed by atoms with van der Waals surface area (Å²) < 4.78 is 5.27. The van der Waals surface area contributed by atoms with Gasteiger partial charge in [0.05, 0.1) is 5.41 Å². The van der Waals surface area contributed by atoms with Gasteiger partial charge in [-0.3, -0.25) is 14.4 Å². The van der Waals surface area contributed by atoms with Crippen LogP contribution < -0.4 is 16.4 Å². The van der Waals surface area contributed by atoms with E-state index in [0.717, 1.165) is 0 Å². The summed E-state index contributed by atoms with van der Waals surface area (Å²) >= 11 is 0. The summed E-state index contributed by atoms with van der Waals surface area (Å²) in [7, 11) is 0. The van der Waals surface area contributed by atoms with Crippen molar-refractivity contribution in [1.82, 2.24) is 5.32 Å². The van der Waals surface area contributed by atoms with E-state index in [1.165, 1.54) is 0 Å². The second-order valence-electron chi connectivity index (χ2n) is 5.92. The van der Waals surface area contributed by atoms with Gasteiger partial charge in [-0.05, 0) is 31.0 Å². The Morgan fingerprint density at radius 1 is 1.25 bits per heavy atom. The van der Waals surface area contributed by atoms with E-state index in [1.54, 1.807) is 31.2 Å². The fourth-order valence-corrected chi connectivity index (χ4v) is 2.61. The maximum absolute atomic E-state index is 12.4. The van der Waals surface area contributed by atoms with Crippen LogP contribution in [0.5, 0.6) is 0 Å². The molecule has 0 radical (unpaired) electrons. The van der Waals surface area contributed by atoms with E-state index in [9.17, 15) is 14.4 Å². The number of rotatable bonds is 6. The number of ether oxygens (including phenoxy) is 1. The van der Waals surface area contributed by atoms with Crippen molar-refractivity contribution in [2.45, 2.75) is 26.2 Å². The Hall–Kier alpha value is -2.41. The standard InChI is InChI=1S/C17H23N3O4/c1-2-14(21)20-13-5-3-4-12(10-13)15(22)19-11-17(16(18)23)6-8-24-9-7-17/h3-5,10H,2,6-9,11H2,1H3,(H2,18,23)(H,19,22)(H,20,21). The molecule has 0 bridgehead atoms. The number of hydrogen-bond donors (Lipinski definition) is 3. The van der Waals surface area contributed by atoms with Crippen LogP contribution in [0.2, 0.25) is 0 Å². The van der Waals surface area contributed by atoms with Gasteiger partial charge in [0.25, 0.3) is 5.91 Å². The van der Waals surface area contributed by atoms with Crippen LogP contribution in [-0.2, 0) is 14.3 Å². The zero-order chi connectivity index (χ0) is 17.6. The summed E-state index contributed by atoms with van der Waals surface area (Å²) in [6.07, 6.45) is 1.35. The minimum Gasteiger partial charge on any atom is -0.381 e. The van der Waals surface area contributed by atoms with Crippen LogP contribution in [0.15, 0.2) is 24.3 Å². The lowest BCUT2D eigenvalue weighted by Gasteiger charge is -2.34. The number of nitrogens with two attached hydrogens (primary N) is 1. The predicted octanol–water partition coefficient (Wildman–Crippen LogP) is 1.05. The number of primary amides is 1. The number of nitrogens with one attached hydrogen (secondary N) is 2. The first-order chi connectivity index (χ1) is 11.5. The molecule has 3 amide bonds.